The van der Waals surface area contributed by atoms with Crippen LogP contribution in [-0.4, -0.2) is 30.1 Å². The van der Waals surface area contributed by atoms with Crippen LogP contribution < -0.4 is 20.7 Å². The summed E-state index contributed by atoms with van der Waals surface area (Å²) in [6, 6.07) is 10.2. The van der Waals surface area contributed by atoms with E-state index >= 15 is 0 Å². The monoisotopic (exact) mass is 371 g/mol. The molecule has 2 aromatic rings. The summed E-state index contributed by atoms with van der Waals surface area (Å²) in [7, 11) is 0. The molecule has 0 spiro atoms. The van der Waals surface area contributed by atoms with E-state index in [4.69, 9.17) is 27.1 Å². The third-order valence-corrected chi connectivity index (χ3v) is 3.92. The average molecular weight is 371 g/mol. The molecule has 1 aliphatic heterocycles. The predicted octanol–water partition coefficient (Wildman–Crippen LogP) is 1.76. The maximum atomic E-state index is 12.8. The second kappa shape index (κ2) is 7.51. The molecule has 3 N–H and O–H groups in total. The second-order valence-electron chi connectivity index (χ2n) is 5.54. The van der Waals surface area contributed by atoms with Crippen LogP contribution in [0.25, 0.3) is 6.08 Å². The van der Waals surface area contributed by atoms with Gasteiger partial charge in [-0.1, -0.05) is 0 Å². The number of hydrogen-bond acceptors (Lipinski definition) is 6. The molecule has 1 saturated heterocycles. The Bertz CT molecular complexity index is 886. The minimum Gasteiger partial charge on any atom is -0.492 e. The topological polar surface area (TPSA) is 97.8 Å². The van der Waals surface area contributed by atoms with Crippen molar-refractivity contribution in [3.8, 4) is 5.75 Å². The molecule has 2 heterocycles. The number of ether oxygens (including phenoxy) is 1. The molecule has 26 heavy (non-hydrogen) atoms. The highest BCUT2D eigenvalue weighted by atomic mass is 32.1. The molecule has 2 amide bonds. The van der Waals surface area contributed by atoms with Gasteiger partial charge in [0.1, 0.15) is 29.4 Å². The average Bonchev–Trinajstić information content (AvgIpc) is 3.03. The molecule has 1 aliphatic rings. The van der Waals surface area contributed by atoms with Gasteiger partial charge in [0.25, 0.3) is 11.8 Å². The number of furan rings is 1. The minimum absolute atomic E-state index is 0.0170. The molecular formula is C18H17N3O4S. The zero-order valence-electron chi connectivity index (χ0n) is 14.0. The van der Waals surface area contributed by atoms with Gasteiger partial charge in [0, 0.05) is 6.54 Å². The van der Waals surface area contributed by atoms with Crippen LogP contribution >= 0.6 is 12.2 Å². The summed E-state index contributed by atoms with van der Waals surface area (Å²) in [6.45, 7) is 2.58. The van der Waals surface area contributed by atoms with Crippen LogP contribution in [0.4, 0.5) is 5.69 Å². The van der Waals surface area contributed by atoms with Gasteiger partial charge in [-0.05, 0) is 61.6 Å². The number of carbonyl (C=O) groups is 2. The zero-order valence-corrected chi connectivity index (χ0v) is 14.8. The Morgan fingerprint density at radius 3 is 2.58 bits per heavy atom. The van der Waals surface area contributed by atoms with Crippen molar-refractivity contribution in [1.29, 1.82) is 0 Å². The molecule has 134 valence electrons. The Kier molecular flexibility index (Phi) is 5.15. The van der Waals surface area contributed by atoms with E-state index in [1.165, 1.54) is 11.0 Å². The molecular weight excluding hydrogens is 354 g/mol. The van der Waals surface area contributed by atoms with E-state index in [-0.39, 0.29) is 10.7 Å². The van der Waals surface area contributed by atoms with Gasteiger partial charge in [-0.3, -0.25) is 19.8 Å². The number of rotatable bonds is 5. The molecule has 0 bridgehead atoms. The summed E-state index contributed by atoms with van der Waals surface area (Å²) in [6.07, 6.45) is 1.40. The van der Waals surface area contributed by atoms with Gasteiger partial charge in [0.05, 0.1) is 5.69 Å². The van der Waals surface area contributed by atoms with E-state index < -0.39 is 11.8 Å². The van der Waals surface area contributed by atoms with E-state index in [9.17, 15) is 9.59 Å². The highest BCUT2D eigenvalue weighted by Gasteiger charge is 2.34. The lowest BCUT2D eigenvalue weighted by molar-refractivity contribution is -0.122. The highest BCUT2D eigenvalue weighted by molar-refractivity contribution is 7.80. The summed E-state index contributed by atoms with van der Waals surface area (Å²) in [4.78, 5) is 26.3. The Labute approximate surface area is 155 Å². The Morgan fingerprint density at radius 2 is 1.96 bits per heavy atom. The molecule has 7 nitrogen and oxygen atoms in total. The second-order valence-corrected chi connectivity index (χ2v) is 5.92. The van der Waals surface area contributed by atoms with Crippen molar-refractivity contribution in [2.45, 2.75) is 6.92 Å². The van der Waals surface area contributed by atoms with E-state index in [1.54, 1.807) is 43.3 Å². The highest BCUT2D eigenvalue weighted by Crippen LogP contribution is 2.24. The summed E-state index contributed by atoms with van der Waals surface area (Å²) >= 11 is 5.16. The molecule has 0 aliphatic carbocycles. The van der Waals surface area contributed by atoms with Crippen molar-refractivity contribution >= 4 is 40.9 Å². The number of anilines is 1. The van der Waals surface area contributed by atoms with Gasteiger partial charge in [-0.2, -0.15) is 0 Å². The van der Waals surface area contributed by atoms with Gasteiger partial charge < -0.3 is 14.9 Å². The van der Waals surface area contributed by atoms with Crippen LogP contribution in [0.3, 0.4) is 0 Å². The first-order valence-electron chi connectivity index (χ1n) is 7.90. The minimum atomic E-state index is -0.562. The van der Waals surface area contributed by atoms with Crippen LogP contribution in [0.2, 0.25) is 0 Å². The molecule has 0 unspecified atom stereocenters. The van der Waals surface area contributed by atoms with Crippen LogP contribution in [0.5, 0.6) is 5.75 Å². The Balaban J connectivity index is 1.89. The third-order valence-electron chi connectivity index (χ3n) is 3.63. The van der Waals surface area contributed by atoms with E-state index in [1.807, 2.05) is 0 Å². The molecule has 0 saturated carbocycles. The number of nitrogens with zero attached hydrogens (tertiary/aromatic N) is 1. The van der Waals surface area contributed by atoms with Crippen molar-refractivity contribution in [2.24, 2.45) is 5.73 Å². The normalized spacial score (nSPS) is 16.2. The van der Waals surface area contributed by atoms with Crippen molar-refractivity contribution in [2.75, 3.05) is 18.1 Å². The SMILES string of the molecule is Cc1ccc(/C=C2\C(=O)NC(=S)N(c3ccc(OCCN)cc3)C2=O)o1. The first kappa shape index (κ1) is 17.8. The molecule has 0 radical (unpaired) electrons. The van der Waals surface area contributed by atoms with Gasteiger partial charge >= 0.3 is 0 Å². The van der Waals surface area contributed by atoms with Crippen LogP contribution in [-0.2, 0) is 9.59 Å². The van der Waals surface area contributed by atoms with Crippen molar-refractivity contribution < 1.29 is 18.7 Å². The van der Waals surface area contributed by atoms with Crippen molar-refractivity contribution in [3.05, 3.63) is 53.5 Å². The number of hydrogen-bond donors (Lipinski definition) is 2. The lowest BCUT2D eigenvalue weighted by Gasteiger charge is -2.28. The fourth-order valence-electron chi connectivity index (χ4n) is 2.43. The largest absolute Gasteiger partial charge is 0.492 e. The first-order valence-corrected chi connectivity index (χ1v) is 8.31. The van der Waals surface area contributed by atoms with Gasteiger partial charge in [-0.15, -0.1) is 0 Å². The summed E-state index contributed by atoms with van der Waals surface area (Å²) in [5.41, 5.74) is 5.86. The summed E-state index contributed by atoms with van der Waals surface area (Å²) in [5, 5.41) is 2.54. The van der Waals surface area contributed by atoms with Crippen molar-refractivity contribution in [3.63, 3.8) is 0 Å². The Hall–Kier alpha value is -2.97. The molecule has 1 aromatic heterocycles. The van der Waals surface area contributed by atoms with Gasteiger partial charge in [0.2, 0.25) is 0 Å². The third kappa shape index (κ3) is 3.66. The zero-order chi connectivity index (χ0) is 18.7. The number of benzene rings is 1. The predicted molar refractivity (Wildman–Crippen MR) is 101 cm³/mol. The summed E-state index contributed by atoms with van der Waals surface area (Å²) < 4.78 is 10.8. The van der Waals surface area contributed by atoms with Crippen LogP contribution in [0.15, 0.2) is 46.4 Å². The van der Waals surface area contributed by atoms with Crippen LogP contribution in [0.1, 0.15) is 11.5 Å². The Morgan fingerprint density at radius 1 is 1.23 bits per heavy atom. The molecule has 3 rings (SSSR count). The quantitative estimate of drug-likeness (QED) is 0.472. The fraction of sp³-hybridized carbons (Fsp3) is 0.167. The van der Waals surface area contributed by atoms with Crippen molar-refractivity contribution in [1.82, 2.24) is 5.32 Å². The number of nitrogens with one attached hydrogen (secondary N) is 1. The number of carbonyl (C=O) groups excluding carboxylic acids is 2. The first-order chi connectivity index (χ1) is 12.5. The van der Waals surface area contributed by atoms with E-state index in [0.717, 1.165) is 0 Å². The number of aryl methyl sites for hydroxylation is 1. The van der Waals surface area contributed by atoms with Gasteiger partial charge in [0.15, 0.2) is 5.11 Å². The molecule has 0 atom stereocenters. The smallest absolute Gasteiger partial charge is 0.270 e. The van der Waals surface area contributed by atoms with E-state index in [0.29, 0.717) is 36.1 Å². The maximum absolute atomic E-state index is 12.8. The lowest BCUT2D eigenvalue weighted by atomic mass is 10.1. The molecule has 1 fully saturated rings. The lowest BCUT2D eigenvalue weighted by Crippen LogP contribution is -2.54. The number of amides is 2. The molecule has 1 aromatic carbocycles. The maximum Gasteiger partial charge on any atom is 0.270 e. The molecule has 8 heteroatoms. The fourth-order valence-corrected chi connectivity index (χ4v) is 2.71. The number of thiocarbonyl (C=S) groups is 1. The van der Waals surface area contributed by atoms with Gasteiger partial charge in [-0.25, -0.2) is 0 Å². The summed E-state index contributed by atoms with van der Waals surface area (Å²) in [5.74, 6) is 0.636. The number of nitrogens with two attached hydrogens (primary N) is 1. The standard InChI is InChI=1S/C18H17N3O4S/c1-11-2-5-14(25-11)10-15-16(22)20-18(26)21(17(15)23)12-3-6-13(7-4-12)24-9-8-19/h2-7,10H,8-9,19H2,1H3,(H,20,22,26)/b15-10+. The van der Waals surface area contributed by atoms with E-state index in [2.05, 4.69) is 5.32 Å². The van der Waals surface area contributed by atoms with Crippen LogP contribution in [0, 0.1) is 6.92 Å².